The second-order valence-corrected chi connectivity index (χ2v) is 7.84. The van der Waals surface area contributed by atoms with Gasteiger partial charge in [-0.25, -0.2) is 14.1 Å². The quantitative estimate of drug-likeness (QED) is 0.517. The van der Waals surface area contributed by atoms with E-state index in [9.17, 15) is 28.4 Å². The number of para-hydroxylation sites is 1. The molecule has 1 saturated carbocycles. The summed E-state index contributed by atoms with van der Waals surface area (Å²) < 4.78 is 13.1. The average Bonchev–Trinajstić information content (AvgIpc) is 3.39. The lowest BCUT2D eigenvalue weighted by molar-refractivity contribution is -0.144. The van der Waals surface area contributed by atoms with Crippen LogP contribution in [0.25, 0.3) is 0 Å². The first-order valence-electron chi connectivity index (χ1n) is 10.5. The minimum Gasteiger partial charge on any atom is -0.324 e. The molecule has 170 valence electrons. The molecule has 2 aliphatic rings. The largest absolute Gasteiger partial charge is 0.334 e. The number of hydrogen-bond acceptors (Lipinski definition) is 5. The molecule has 6 amide bonds. The van der Waals surface area contributed by atoms with Gasteiger partial charge in [0.2, 0.25) is 5.91 Å². The summed E-state index contributed by atoms with van der Waals surface area (Å²) in [4.78, 5) is 64.1. The minimum absolute atomic E-state index is 0.123. The third kappa shape index (κ3) is 4.59. The lowest BCUT2D eigenvalue weighted by Crippen LogP contribution is -2.41. The molecular weight excluding hydrogens is 431 g/mol. The van der Waals surface area contributed by atoms with Crippen LogP contribution in [0.3, 0.4) is 0 Å². The highest BCUT2D eigenvalue weighted by Gasteiger charge is 2.48. The van der Waals surface area contributed by atoms with Crippen molar-refractivity contribution in [2.75, 3.05) is 17.2 Å². The average molecular weight is 452 g/mol. The smallest absolute Gasteiger partial charge is 0.324 e. The number of carbonyl (C=O) groups is 5. The fourth-order valence-corrected chi connectivity index (χ4v) is 4.00. The number of rotatable bonds is 6. The van der Waals surface area contributed by atoms with Gasteiger partial charge < -0.3 is 10.6 Å². The fourth-order valence-electron chi connectivity index (χ4n) is 4.00. The molecule has 10 heteroatoms. The Labute approximate surface area is 188 Å². The van der Waals surface area contributed by atoms with Gasteiger partial charge in [-0.15, -0.1) is 0 Å². The predicted octanol–water partition coefficient (Wildman–Crippen LogP) is 2.75. The minimum atomic E-state index is -1.04. The van der Waals surface area contributed by atoms with E-state index in [1.807, 2.05) is 0 Å². The van der Waals surface area contributed by atoms with E-state index in [-0.39, 0.29) is 17.3 Å². The first kappa shape index (κ1) is 22.1. The summed E-state index contributed by atoms with van der Waals surface area (Å²) >= 11 is 0. The van der Waals surface area contributed by atoms with Crippen molar-refractivity contribution in [3.63, 3.8) is 0 Å². The van der Waals surface area contributed by atoms with Crippen molar-refractivity contribution in [1.82, 2.24) is 9.80 Å². The van der Waals surface area contributed by atoms with Crippen LogP contribution in [-0.2, 0) is 14.4 Å². The SMILES string of the molecule is O=C(CN1C(=O)C(=O)N(C2CCCC2)C1=O)Nc1ccccc1C(=O)Nc1ccc(F)cc1. The summed E-state index contributed by atoms with van der Waals surface area (Å²) in [5.41, 5.74) is 0.638. The third-order valence-electron chi connectivity index (χ3n) is 5.62. The Morgan fingerprint density at radius 1 is 0.909 bits per heavy atom. The van der Waals surface area contributed by atoms with Crippen LogP contribution in [0.5, 0.6) is 0 Å². The highest BCUT2D eigenvalue weighted by molar-refractivity contribution is 6.45. The maximum absolute atomic E-state index is 13.1. The van der Waals surface area contributed by atoms with Crippen molar-refractivity contribution in [3.8, 4) is 0 Å². The van der Waals surface area contributed by atoms with Gasteiger partial charge in [-0.2, -0.15) is 0 Å². The molecule has 1 heterocycles. The number of nitrogens with zero attached hydrogens (tertiary/aromatic N) is 2. The molecule has 33 heavy (non-hydrogen) atoms. The number of hydrogen-bond donors (Lipinski definition) is 2. The molecule has 2 aromatic rings. The second kappa shape index (κ2) is 9.19. The molecule has 0 spiro atoms. The van der Waals surface area contributed by atoms with Gasteiger partial charge in [0.25, 0.3) is 5.91 Å². The van der Waals surface area contributed by atoms with Gasteiger partial charge in [0.1, 0.15) is 12.4 Å². The molecule has 9 nitrogen and oxygen atoms in total. The van der Waals surface area contributed by atoms with Gasteiger partial charge in [-0.3, -0.25) is 24.1 Å². The summed E-state index contributed by atoms with van der Waals surface area (Å²) in [7, 11) is 0. The molecule has 0 bridgehead atoms. The summed E-state index contributed by atoms with van der Waals surface area (Å²) in [6.45, 7) is -0.652. The Kier molecular flexibility index (Phi) is 6.16. The molecule has 0 atom stereocenters. The van der Waals surface area contributed by atoms with Crippen molar-refractivity contribution in [3.05, 3.63) is 59.9 Å². The van der Waals surface area contributed by atoms with Crippen molar-refractivity contribution >= 4 is 41.0 Å². The van der Waals surface area contributed by atoms with Gasteiger partial charge in [0.05, 0.1) is 11.3 Å². The molecular formula is C23H21FN4O5. The molecule has 1 aliphatic carbocycles. The lowest BCUT2D eigenvalue weighted by Gasteiger charge is -2.21. The molecule has 2 fully saturated rings. The van der Waals surface area contributed by atoms with Crippen LogP contribution in [-0.4, -0.2) is 52.0 Å². The van der Waals surface area contributed by atoms with E-state index in [0.29, 0.717) is 23.4 Å². The standard InChI is InChI=1S/C23H21FN4O5/c24-14-9-11-15(12-10-14)25-20(30)17-7-3-4-8-18(17)26-19(29)13-27-21(31)22(32)28(23(27)33)16-5-1-2-6-16/h3-4,7-12,16H,1-2,5-6,13H2,(H,25,30)(H,26,29). The Balaban J connectivity index is 1.44. The maximum atomic E-state index is 13.1. The van der Waals surface area contributed by atoms with Crippen molar-refractivity contribution in [2.45, 2.75) is 31.7 Å². The Morgan fingerprint density at radius 2 is 1.58 bits per heavy atom. The molecule has 0 unspecified atom stereocenters. The maximum Gasteiger partial charge on any atom is 0.334 e. The Hall–Kier alpha value is -4.08. The first-order valence-corrected chi connectivity index (χ1v) is 10.5. The summed E-state index contributed by atoms with van der Waals surface area (Å²) in [6.07, 6.45) is 3.02. The number of urea groups is 1. The molecule has 4 rings (SSSR count). The van der Waals surface area contributed by atoms with Gasteiger partial charge in [0, 0.05) is 11.7 Å². The zero-order valence-electron chi connectivity index (χ0n) is 17.5. The number of carbonyl (C=O) groups excluding carboxylic acids is 5. The van der Waals surface area contributed by atoms with E-state index in [0.717, 1.165) is 17.7 Å². The van der Waals surface area contributed by atoms with E-state index in [1.165, 1.54) is 36.4 Å². The number of imide groups is 2. The molecule has 2 aromatic carbocycles. The highest BCUT2D eigenvalue weighted by Crippen LogP contribution is 2.27. The van der Waals surface area contributed by atoms with Crippen molar-refractivity contribution in [1.29, 1.82) is 0 Å². The van der Waals surface area contributed by atoms with E-state index < -0.39 is 42.0 Å². The van der Waals surface area contributed by atoms with Crippen LogP contribution in [0, 0.1) is 5.82 Å². The van der Waals surface area contributed by atoms with E-state index in [4.69, 9.17) is 0 Å². The van der Waals surface area contributed by atoms with Gasteiger partial charge >= 0.3 is 17.8 Å². The van der Waals surface area contributed by atoms with Crippen LogP contribution in [0.2, 0.25) is 0 Å². The Bertz CT molecular complexity index is 1130. The van der Waals surface area contributed by atoms with E-state index in [1.54, 1.807) is 12.1 Å². The number of anilines is 2. The zero-order valence-corrected chi connectivity index (χ0v) is 17.5. The monoisotopic (exact) mass is 452 g/mol. The summed E-state index contributed by atoms with van der Waals surface area (Å²) in [5.74, 6) is -3.69. The molecule has 1 saturated heterocycles. The second-order valence-electron chi connectivity index (χ2n) is 7.84. The molecule has 0 aromatic heterocycles. The normalized spacial score (nSPS) is 16.5. The van der Waals surface area contributed by atoms with Crippen molar-refractivity contribution in [2.24, 2.45) is 0 Å². The van der Waals surface area contributed by atoms with Crippen LogP contribution < -0.4 is 10.6 Å². The lowest BCUT2D eigenvalue weighted by atomic mass is 10.1. The molecule has 0 radical (unpaired) electrons. The summed E-state index contributed by atoms with van der Waals surface area (Å²) in [6, 6.07) is 10.2. The topological polar surface area (TPSA) is 116 Å². The summed E-state index contributed by atoms with van der Waals surface area (Å²) in [5, 5.41) is 5.12. The van der Waals surface area contributed by atoms with E-state index >= 15 is 0 Å². The number of halogens is 1. The highest BCUT2D eigenvalue weighted by atomic mass is 19.1. The first-order chi connectivity index (χ1) is 15.8. The van der Waals surface area contributed by atoms with Gasteiger partial charge in [-0.05, 0) is 49.2 Å². The molecule has 2 N–H and O–H groups in total. The predicted molar refractivity (Wildman–Crippen MR) is 116 cm³/mol. The van der Waals surface area contributed by atoms with Gasteiger partial charge in [0.15, 0.2) is 0 Å². The number of benzene rings is 2. The molecule has 1 aliphatic heterocycles. The van der Waals surface area contributed by atoms with Crippen LogP contribution in [0.1, 0.15) is 36.0 Å². The van der Waals surface area contributed by atoms with Crippen LogP contribution in [0.4, 0.5) is 20.6 Å². The number of amides is 6. The number of nitrogens with one attached hydrogen (secondary N) is 2. The van der Waals surface area contributed by atoms with Crippen molar-refractivity contribution < 1.29 is 28.4 Å². The zero-order chi connectivity index (χ0) is 23.5. The fraction of sp³-hybridized carbons (Fsp3) is 0.261. The third-order valence-corrected chi connectivity index (χ3v) is 5.62. The van der Waals surface area contributed by atoms with Gasteiger partial charge in [-0.1, -0.05) is 25.0 Å². The van der Waals surface area contributed by atoms with E-state index in [2.05, 4.69) is 10.6 Å². The van der Waals surface area contributed by atoms with Crippen LogP contribution >= 0.6 is 0 Å². The van der Waals surface area contributed by atoms with Crippen LogP contribution in [0.15, 0.2) is 48.5 Å². The Morgan fingerprint density at radius 3 is 2.27 bits per heavy atom.